The molecule has 5 nitrogen and oxygen atoms in total. The van der Waals surface area contributed by atoms with Crippen LogP contribution in [0.4, 0.5) is 13.2 Å². The zero-order chi connectivity index (χ0) is 15.1. The van der Waals surface area contributed by atoms with E-state index in [9.17, 15) is 18.3 Å². The Kier molecular flexibility index (Phi) is 4.09. The lowest BCUT2D eigenvalue weighted by atomic mass is 10.1. The first kappa shape index (κ1) is 15.3. The minimum Gasteiger partial charge on any atom is -0.383 e. The number of hydrogen-bond acceptors (Lipinski definition) is 3. The van der Waals surface area contributed by atoms with E-state index < -0.39 is 18.0 Å². The lowest BCUT2D eigenvalue weighted by Gasteiger charge is -2.11. The van der Waals surface area contributed by atoms with E-state index in [1.54, 1.807) is 14.0 Å². The molecule has 1 N–H and O–H groups in total. The van der Waals surface area contributed by atoms with Crippen LogP contribution in [0.1, 0.15) is 29.8 Å². The second-order valence-electron chi connectivity index (χ2n) is 4.24. The SMILES string of the molecule is CCn1cc(C(O)c2cn(C)nc2I)c(C(F)(F)F)n1. The van der Waals surface area contributed by atoms with Gasteiger partial charge in [-0.3, -0.25) is 9.36 Å². The fourth-order valence-electron chi connectivity index (χ4n) is 1.85. The predicted molar refractivity (Wildman–Crippen MR) is 72.9 cm³/mol. The van der Waals surface area contributed by atoms with E-state index in [0.717, 1.165) is 4.68 Å². The van der Waals surface area contributed by atoms with Crippen molar-refractivity contribution in [1.29, 1.82) is 0 Å². The number of hydrogen-bond donors (Lipinski definition) is 1. The molecule has 1 unspecified atom stereocenters. The molecule has 0 spiro atoms. The van der Waals surface area contributed by atoms with Crippen LogP contribution in [-0.2, 0) is 19.8 Å². The van der Waals surface area contributed by atoms with Crippen molar-refractivity contribution in [2.24, 2.45) is 7.05 Å². The van der Waals surface area contributed by atoms with Crippen LogP contribution < -0.4 is 0 Å². The van der Waals surface area contributed by atoms with Crippen molar-refractivity contribution in [3.63, 3.8) is 0 Å². The van der Waals surface area contributed by atoms with Crippen molar-refractivity contribution in [2.45, 2.75) is 25.7 Å². The summed E-state index contributed by atoms with van der Waals surface area (Å²) in [5.74, 6) is 0. The molecule has 110 valence electrons. The van der Waals surface area contributed by atoms with E-state index in [1.165, 1.54) is 17.1 Å². The maximum Gasteiger partial charge on any atom is 0.435 e. The lowest BCUT2D eigenvalue weighted by Crippen LogP contribution is -2.12. The Balaban J connectivity index is 2.51. The van der Waals surface area contributed by atoms with Crippen molar-refractivity contribution in [1.82, 2.24) is 19.6 Å². The Hall–Kier alpha value is -1.10. The maximum absolute atomic E-state index is 13.0. The van der Waals surface area contributed by atoms with Gasteiger partial charge in [0.1, 0.15) is 9.80 Å². The summed E-state index contributed by atoms with van der Waals surface area (Å²) in [4.78, 5) is 0. The van der Waals surface area contributed by atoms with Crippen molar-refractivity contribution in [3.05, 3.63) is 32.9 Å². The highest BCUT2D eigenvalue weighted by atomic mass is 127. The van der Waals surface area contributed by atoms with Crippen LogP contribution in [-0.4, -0.2) is 24.7 Å². The van der Waals surface area contributed by atoms with Gasteiger partial charge in [0.15, 0.2) is 5.69 Å². The van der Waals surface area contributed by atoms with Crippen molar-refractivity contribution >= 4 is 22.6 Å². The van der Waals surface area contributed by atoms with E-state index in [0.29, 0.717) is 15.8 Å². The quantitative estimate of drug-likeness (QED) is 0.806. The Bertz CT molecular complexity index is 620. The van der Waals surface area contributed by atoms with Gasteiger partial charge < -0.3 is 5.11 Å². The number of halogens is 4. The van der Waals surface area contributed by atoms with Gasteiger partial charge in [0.25, 0.3) is 0 Å². The first-order valence-corrected chi connectivity index (χ1v) is 6.83. The van der Waals surface area contributed by atoms with Crippen molar-refractivity contribution < 1.29 is 18.3 Å². The fraction of sp³-hybridized carbons (Fsp3) is 0.455. The molecule has 2 heterocycles. The van der Waals surface area contributed by atoms with Gasteiger partial charge in [0.05, 0.1) is 0 Å². The molecule has 0 fully saturated rings. The Morgan fingerprint density at radius 2 is 1.95 bits per heavy atom. The second-order valence-corrected chi connectivity index (χ2v) is 5.26. The molecule has 0 amide bonds. The van der Waals surface area contributed by atoms with E-state index in [4.69, 9.17) is 0 Å². The first-order valence-electron chi connectivity index (χ1n) is 5.75. The van der Waals surface area contributed by atoms with E-state index >= 15 is 0 Å². The van der Waals surface area contributed by atoms with Gasteiger partial charge in [-0.25, -0.2) is 0 Å². The summed E-state index contributed by atoms with van der Waals surface area (Å²) in [5.41, 5.74) is -0.994. The van der Waals surface area contributed by atoms with E-state index in [2.05, 4.69) is 10.2 Å². The first-order chi connectivity index (χ1) is 9.24. The summed E-state index contributed by atoms with van der Waals surface area (Å²) in [6, 6.07) is 0. The van der Waals surface area contributed by atoms with Gasteiger partial charge in [-0.15, -0.1) is 0 Å². The van der Waals surface area contributed by atoms with Crippen LogP contribution in [0.15, 0.2) is 12.4 Å². The predicted octanol–water partition coefficient (Wildman–Crippen LogP) is 2.34. The molecule has 0 bridgehead atoms. The molecule has 2 aromatic rings. The highest BCUT2D eigenvalue weighted by Gasteiger charge is 2.39. The van der Waals surface area contributed by atoms with Crippen LogP contribution in [0.25, 0.3) is 0 Å². The van der Waals surface area contributed by atoms with Crippen LogP contribution in [0, 0.1) is 3.70 Å². The summed E-state index contributed by atoms with van der Waals surface area (Å²) >= 11 is 1.87. The molecule has 0 saturated carbocycles. The van der Waals surface area contributed by atoms with Crippen LogP contribution in [0.3, 0.4) is 0 Å². The van der Waals surface area contributed by atoms with Crippen LogP contribution in [0.5, 0.6) is 0 Å². The molecule has 2 rings (SSSR count). The highest BCUT2D eigenvalue weighted by Crippen LogP contribution is 2.36. The molecule has 0 aliphatic rings. The number of aromatic nitrogens is 4. The average molecular weight is 400 g/mol. The fourth-order valence-corrected chi connectivity index (χ4v) is 2.62. The monoisotopic (exact) mass is 400 g/mol. The minimum atomic E-state index is -4.61. The van der Waals surface area contributed by atoms with E-state index in [-0.39, 0.29) is 5.56 Å². The van der Waals surface area contributed by atoms with Gasteiger partial charge in [-0.2, -0.15) is 23.4 Å². The van der Waals surface area contributed by atoms with E-state index in [1.807, 2.05) is 22.6 Å². The molecule has 0 radical (unpaired) electrons. The summed E-state index contributed by atoms with van der Waals surface area (Å²) in [5, 5.41) is 17.7. The van der Waals surface area contributed by atoms with Gasteiger partial charge in [0.2, 0.25) is 0 Å². The minimum absolute atomic E-state index is 0.259. The van der Waals surface area contributed by atoms with Crippen molar-refractivity contribution in [3.8, 4) is 0 Å². The molecule has 20 heavy (non-hydrogen) atoms. The smallest absolute Gasteiger partial charge is 0.383 e. The number of nitrogens with zero attached hydrogens (tertiary/aromatic N) is 4. The highest BCUT2D eigenvalue weighted by molar-refractivity contribution is 14.1. The Morgan fingerprint density at radius 1 is 1.30 bits per heavy atom. The van der Waals surface area contributed by atoms with Crippen LogP contribution in [0.2, 0.25) is 0 Å². The molecule has 9 heteroatoms. The van der Waals surface area contributed by atoms with Crippen molar-refractivity contribution in [2.75, 3.05) is 0 Å². The summed E-state index contributed by atoms with van der Waals surface area (Å²) in [6.45, 7) is 1.97. The molecule has 0 saturated heterocycles. The van der Waals surface area contributed by atoms with Gasteiger partial charge >= 0.3 is 6.18 Å². The summed E-state index contributed by atoms with van der Waals surface area (Å²) in [6.07, 6.45) is -3.30. The third-order valence-corrected chi connectivity index (χ3v) is 3.62. The standard InChI is InChI=1S/C11H12F3IN4O/c1-3-19-5-6(9(16-19)11(12,13)14)8(20)7-4-18(2)17-10(7)15/h4-5,8,20H,3H2,1-2H3. The maximum atomic E-state index is 13.0. The molecule has 2 aromatic heterocycles. The molecule has 0 aliphatic carbocycles. The summed E-state index contributed by atoms with van der Waals surface area (Å²) < 4.78 is 42.0. The second kappa shape index (κ2) is 5.35. The number of aliphatic hydroxyl groups is 1. The largest absolute Gasteiger partial charge is 0.435 e. The third-order valence-electron chi connectivity index (χ3n) is 2.78. The number of aryl methyl sites for hydroxylation is 2. The number of aliphatic hydroxyl groups excluding tert-OH is 1. The third kappa shape index (κ3) is 2.82. The van der Waals surface area contributed by atoms with Gasteiger partial charge in [-0.05, 0) is 29.5 Å². The molecular weight excluding hydrogens is 388 g/mol. The lowest BCUT2D eigenvalue weighted by molar-refractivity contribution is -0.142. The zero-order valence-electron chi connectivity index (χ0n) is 10.7. The topological polar surface area (TPSA) is 55.9 Å². The number of rotatable bonds is 3. The average Bonchev–Trinajstić information content (AvgIpc) is 2.91. The molecule has 0 aliphatic heterocycles. The van der Waals surface area contributed by atoms with Gasteiger partial charge in [0, 0.05) is 37.1 Å². The number of alkyl halides is 3. The summed E-state index contributed by atoms with van der Waals surface area (Å²) in [7, 11) is 1.64. The zero-order valence-corrected chi connectivity index (χ0v) is 12.8. The normalized spacial score (nSPS) is 13.8. The Labute approximate surface area is 126 Å². The van der Waals surface area contributed by atoms with Gasteiger partial charge in [-0.1, -0.05) is 0 Å². The molecule has 0 aromatic carbocycles. The molecular formula is C11H12F3IN4O. The Morgan fingerprint density at radius 3 is 2.40 bits per heavy atom. The molecule has 1 atom stereocenters. The van der Waals surface area contributed by atoms with Crippen LogP contribution >= 0.6 is 22.6 Å².